The molecule has 0 amide bonds. The Bertz CT molecular complexity index is 985. The number of nitrogens with zero attached hydrogens (tertiary/aromatic N) is 4. The van der Waals surface area contributed by atoms with Crippen molar-refractivity contribution in [2.24, 2.45) is 0 Å². The summed E-state index contributed by atoms with van der Waals surface area (Å²) in [6, 6.07) is 15.7. The van der Waals surface area contributed by atoms with Crippen LogP contribution in [0.25, 0.3) is 16.9 Å². The number of rotatable bonds is 4. The minimum atomic E-state index is 0.796. The van der Waals surface area contributed by atoms with Crippen LogP contribution in [0.15, 0.2) is 77.2 Å². The van der Waals surface area contributed by atoms with Crippen LogP contribution in [-0.4, -0.2) is 26.6 Å². The number of ether oxygens (including phenoxy) is 1. The van der Waals surface area contributed by atoms with Gasteiger partial charge in [-0.1, -0.05) is 17.8 Å². The van der Waals surface area contributed by atoms with E-state index >= 15 is 0 Å². The molecule has 24 heavy (non-hydrogen) atoms. The first-order valence-electron chi connectivity index (χ1n) is 7.41. The van der Waals surface area contributed by atoms with E-state index in [4.69, 9.17) is 9.72 Å². The Kier molecular flexibility index (Phi) is 3.88. The SMILES string of the molecule is COc1cccc(-n2c(Sc3ccncc3)nc3cccnc32)c1. The molecule has 3 aromatic heterocycles. The Morgan fingerprint density at radius 1 is 1.00 bits per heavy atom. The second kappa shape index (κ2) is 6.33. The first-order chi connectivity index (χ1) is 11.8. The van der Waals surface area contributed by atoms with Crippen LogP contribution in [-0.2, 0) is 0 Å². The molecule has 1 aromatic carbocycles. The van der Waals surface area contributed by atoms with Gasteiger partial charge in [0.1, 0.15) is 11.3 Å². The highest BCUT2D eigenvalue weighted by atomic mass is 32.2. The first-order valence-corrected chi connectivity index (χ1v) is 8.22. The highest BCUT2D eigenvalue weighted by Crippen LogP contribution is 2.32. The Labute approximate surface area is 143 Å². The van der Waals surface area contributed by atoms with Gasteiger partial charge in [-0.2, -0.15) is 0 Å². The molecule has 0 unspecified atom stereocenters. The summed E-state index contributed by atoms with van der Waals surface area (Å²) >= 11 is 1.58. The number of benzene rings is 1. The Balaban J connectivity index is 1.89. The quantitative estimate of drug-likeness (QED) is 0.565. The highest BCUT2D eigenvalue weighted by Gasteiger charge is 2.15. The van der Waals surface area contributed by atoms with Gasteiger partial charge in [-0.25, -0.2) is 9.97 Å². The number of pyridine rings is 2. The summed E-state index contributed by atoms with van der Waals surface area (Å²) in [5.41, 5.74) is 2.64. The van der Waals surface area contributed by atoms with Gasteiger partial charge in [-0.15, -0.1) is 0 Å². The maximum atomic E-state index is 5.35. The molecule has 4 aromatic rings. The van der Waals surface area contributed by atoms with E-state index < -0.39 is 0 Å². The monoisotopic (exact) mass is 334 g/mol. The molecule has 4 rings (SSSR count). The predicted octanol–water partition coefficient (Wildman–Crippen LogP) is 3.98. The van der Waals surface area contributed by atoms with Crippen molar-refractivity contribution in [1.29, 1.82) is 0 Å². The molecule has 0 aliphatic heterocycles. The summed E-state index contributed by atoms with van der Waals surface area (Å²) in [5, 5.41) is 0.850. The fraction of sp³-hybridized carbons (Fsp3) is 0.0556. The molecular formula is C18H14N4OS. The maximum absolute atomic E-state index is 5.35. The predicted molar refractivity (Wildman–Crippen MR) is 93.8 cm³/mol. The van der Waals surface area contributed by atoms with Crippen LogP contribution in [0.2, 0.25) is 0 Å². The lowest BCUT2D eigenvalue weighted by Gasteiger charge is -2.09. The van der Waals surface area contributed by atoms with Crippen molar-refractivity contribution in [3.8, 4) is 11.4 Å². The molecule has 0 aliphatic rings. The zero-order chi connectivity index (χ0) is 16.4. The highest BCUT2D eigenvalue weighted by molar-refractivity contribution is 7.99. The molecule has 3 heterocycles. The van der Waals surface area contributed by atoms with Crippen LogP contribution in [0.4, 0.5) is 0 Å². The van der Waals surface area contributed by atoms with E-state index in [2.05, 4.69) is 9.97 Å². The van der Waals surface area contributed by atoms with Gasteiger partial charge in [-0.05, 0) is 36.4 Å². The van der Waals surface area contributed by atoms with Crippen molar-refractivity contribution in [2.45, 2.75) is 10.1 Å². The van der Waals surface area contributed by atoms with Crippen LogP contribution in [0.5, 0.6) is 5.75 Å². The zero-order valence-electron chi connectivity index (χ0n) is 13.0. The lowest BCUT2D eigenvalue weighted by atomic mass is 10.3. The lowest BCUT2D eigenvalue weighted by Crippen LogP contribution is -1.98. The molecule has 0 saturated heterocycles. The molecule has 0 fully saturated rings. The first kappa shape index (κ1) is 14.7. The van der Waals surface area contributed by atoms with Crippen LogP contribution in [0.3, 0.4) is 0 Å². The van der Waals surface area contributed by atoms with E-state index in [0.717, 1.165) is 32.7 Å². The number of hydrogen-bond acceptors (Lipinski definition) is 5. The molecule has 0 spiro atoms. The average molecular weight is 334 g/mol. The summed E-state index contributed by atoms with van der Waals surface area (Å²) in [6.07, 6.45) is 5.33. The second-order valence-corrected chi connectivity index (χ2v) is 6.10. The van der Waals surface area contributed by atoms with Gasteiger partial charge in [0.25, 0.3) is 0 Å². The summed E-state index contributed by atoms with van der Waals surface area (Å²) in [7, 11) is 1.66. The Morgan fingerprint density at radius 2 is 1.88 bits per heavy atom. The standard InChI is InChI=1S/C18H14N4OS/c1-23-14-5-2-4-13(12-14)22-17-16(6-3-9-20-17)21-18(22)24-15-7-10-19-11-8-15/h2-12H,1H3. The average Bonchev–Trinajstić information content (AvgIpc) is 3.00. The number of fused-ring (bicyclic) bond motifs is 1. The van der Waals surface area contributed by atoms with Gasteiger partial charge in [-0.3, -0.25) is 9.55 Å². The van der Waals surface area contributed by atoms with Crippen LogP contribution >= 0.6 is 11.8 Å². The van der Waals surface area contributed by atoms with E-state index in [9.17, 15) is 0 Å². The normalized spacial score (nSPS) is 10.9. The number of imidazole rings is 1. The van der Waals surface area contributed by atoms with Crippen LogP contribution < -0.4 is 4.74 Å². The Hall–Kier alpha value is -2.86. The molecule has 0 saturated carbocycles. The third-order valence-corrected chi connectivity index (χ3v) is 4.52. The summed E-state index contributed by atoms with van der Waals surface area (Å²) in [6.45, 7) is 0. The zero-order valence-corrected chi connectivity index (χ0v) is 13.8. The molecule has 0 aliphatic carbocycles. The van der Waals surface area contributed by atoms with E-state index in [1.54, 1.807) is 37.5 Å². The van der Waals surface area contributed by atoms with Gasteiger partial charge < -0.3 is 4.74 Å². The maximum Gasteiger partial charge on any atom is 0.179 e. The van der Waals surface area contributed by atoms with Crippen LogP contribution in [0, 0.1) is 0 Å². The largest absolute Gasteiger partial charge is 0.497 e. The molecule has 0 N–H and O–H groups in total. The molecule has 6 heteroatoms. The molecule has 0 atom stereocenters. The number of aromatic nitrogens is 4. The fourth-order valence-electron chi connectivity index (χ4n) is 2.45. The minimum absolute atomic E-state index is 0.796. The third kappa shape index (κ3) is 2.72. The van der Waals surface area contributed by atoms with E-state index in [1.807, 2.05) is 53.1 Å². The van der Waals surface area contributed by atoms with Crippen LogP contribution in [0.1, 0.15) is 0 Å². The van der Waals surface area contributed by atoms with Crippen molar-refractivity contribution in [3.63, 3.8) is 0 Å². The summed E-state index contributed by atoms with van der Waals surface area (Å²) in [5.74, 6) is 0.796. The van der Waals surface area contributed by atoms with Crippen molar-refractivity contribution in [2.75, 3.05) is 7.11 Å². The van der Waals surface area contributed by atoms with Crippen molar-refractivity contribution in [1.82, 2.24) is 19.5 Å². The van der Waals surface area contributed by atoms with Gasteiger partial charge in [0.15, 0.2) is 10.8 Å². The molecular weight excluding hydrogens is 320 g/mol. The summed E-state index contributed by atoms with van der Waals surface area (Å²) < 4.78 is 7.40. The van der Waals surface area contributed by atoms with Gasteiger partial charge in [0.2, 0.25) is 0 Å². The van der Waals surface area contributed by atoms with Crippen molar-refractivity contribution >= 4 is 22.9 Å². The molecule has 0 radical (unpaired) electrons. The van der Waals surface area contributed by atoms with Crippen molar-refractivity contribution < 1.29 is 4.74 Å². The number of hydrogen-bond donors (Lipinski definition) is 0. The second-order valence-electron chi connectivity index (χ2n) is 5.06. The molecule has 5 nitrogen and oxygen atoms in total. The van der Waals surface area contributed by atoms with Gasteiger partial charge in [0.05, 0.1) is 12.8 Å². The van der Waals surface area contributed by atoms with E-state index in [-0.39, 0.29) is 0 Å². The third-order valence-electron chi connectivity index (χ3n) is 3.56. The van der Waals surface area contributed by atoms with Gasteiger partial charge in [0, 0.05) is 29.6 Å². The van der Waals surface area contributed by atoms with Gasteiger partial charge >= 0.3 is 0 Å². The van der Waals surface area contributed by atoms with E-state index in [0.29, 0.717) is 0 Å². The molecule has 118 valence electrons. The number of methoxy groups -OCH3 is 1. The smallest absolute Gasteiger partial charge is 0.179 e. The molecule has 0 bridgehead atoms. The topological polar surface area (TPSA) is 52.8 Å². The minimum Gasteiger partial charge on any atom is -0.497 e. The lowest BCUT2D eigenvalue weighted by molar-refractivity contribution is 0.414. The Morgan fingerprint density at radius 3 is 2.71 bits per heavy atom. The fourth-order valence-corrected chi connectivity index (χ4v) is 3.35. The van der Waals surface area contributed by atoms with Crippen molar-refractivity contribution in [3.05, 3.63) is 67.1 Å². The van der Waals surface area contributed by atoms with E-state index in [1.165, 1.54) is 0 Å². The summed E-state index contributed by atoms with van der Waals surface area (Å²) in [4.78, 5) is 14.4.